The average molecular weight is 362 g/mol. The molecule has 142 valence electrons. The lowest BCUT2D eigenvalue weighted by Crippen LogP contribution is -2.56. The van der Waals surface area contributed by atoms with Crippen LogP contribution in [-0.4, -0.2) is 41.9 Å². The quantitative estimate of drug-likeness (QED) is 0.731. The molecule has 0 aromatic heterocycles. The maximum Gasteiger partial charge on any atom is 0.225 e. The van der Waals surface area contributed by atoms with Crippen molar-refractivity contribution in [2.45, 2.75) is 65.8 Å². The summed E-state index contributed by atoms with van der Waals surface area (Å²) in [4.78, 5) is 26.9. The summed E-state index contributed by atoms with van der Waals surface area (Å²) in [7, 11) is 0. The van der Waals surface area contributed by atoms with Gasteiger partial charge < -0.3 is 16.0 Å². The Labute approximate surface area is 153 Å². The van der Waals surface area contributed by atoms with Crippen LogP contribution in [0.3, 0.4) is 0 Å². The first-order valence-corrected chi connectivity index (χ1v) is 9.03. The van der Waals surface area contributed by atoms with Gasteiger partial charge in [-0.25, -0.2) is 0 Å². The van der Waals surface area contributed by atoms with E-state index in [2.05, 4.69) is 19.2 Å². The van der Waals surface area contributed by atoms with Gasteiger partial charge in [-0.1, -0.05) is 27.7 Å². The van der Waals surface area contributed by atoms with Gasteiger partial charge in [0.25, 0.3) is 0 Å². The first-order valence-electron chi connectivity index (χ1n) is 9.03. The number of hydrogen-bond acceptors (Lipinski definition) is 3. The van der Waals surface area contributed by atoms with Gasteiger partial charge in [-0.2, -0.15) is 0 Å². The number of halogens is 1. The number of likely N-dealkylation sites (tertiary alicyclic amines) is 1. The van der Waals surface area contributed by atoms with Crippen molar-refractivity contribution in [2.24, 2.45) is 23.5 Å². The number of hydrogen-bond donors (Lipinski definition) is 2. The van der Waals surface area contributed by atoms with Gasteiger partial charge in [-0.3, -0.25) is 9.59 Å². The summed E-state index contributed by atoms with van der Waals surface area (Å²) >= 11 is 0. The van der Waals surface area contributed by atoms with Crippen LogP contribution in [0.5, 0.6) is 0 Å². The van der Waals surface area contributed by atoms with Crippen molar-refractivity contribution in [3.63, 3.8) is 0 Å². The molecule has 24 heavy (non-hydrogen) atoms. The monoisotopic (exact) mass is 361 g/mol. The molecule has 3 unspecified atom stereocenters. The van der Waals surface area contributed by atoms with Crippen LogP contribution in [0.1, 0.15) is 60.3 Å². The minimum Gasteiger partial charge on any atom is -0.349 e. The van der Waals surface area contributed by atoms with Gasteiger partial charge >= 0.3 is 0 Å². The number of carbonyl (C=O) groups is 2. The molecule has 1 rings (SSSR count). The van der Waals surface area contributed by atoms with E-state index < -0.39 is 0 Å². The lowest BCUT2D eigenvalue weighted by molar-refractivity contribution is -0.139. The van der Waals surface area contributed by atoms with E-state index in [9.17, 15) is 9.59 Å². The van der Waals surface area contributed by atoms with Crippen molar-refractivity contribution in [1.29, 1.82) is 0 Å². The van der Waals surface area contributed by atoms with Crippen molar-refractivity contribution in [2.75, 3.05) is 19.6 Å². The van der Waals surface area contributed by atoms with E-state index >= 15 is 0 Å². The van der Waals surface area contributed by atoms with Crippen LogP contribution in [0.2, 0.25) is 0 Å². The molecule has 0 aromatic carbocycles. The van der Waals surface area contributed by atoms with Crippen LogP contribution >= 0.6 is 12.4 Å². The van der Waals surface area contributed by atoms with E-state index in [1.807, 2.05) is 25.7 Å². The van der Waals surface area contributed by atoms with Crippen molar-refractivity contribution < 1.29 is 9.59 Å². The van der Waals surface area contributed by atoms with E-state index in [0.29, 0.717) is 19.0 Å². The Morgan fingerprint density at radius 1 is 1.33 bits per heavy atom. The topological polar surface area (TPSA) is 75.4 Å². The zero-order valence-corrected chi connectivity index (χ0v) is 16.7. The summed E-state index contributed by atoms with van der Waals surface area (Å²) in [6.07, 6.45) is 3.44. The zero-order chi connectivity index (χ0) is 17.6. The highest BCUT2D eigenvalue weighted by Crippen LogP contribution is 2.22. The van der Waals surface area contributed by atoms with Crippen molar-refractivity contribution in [3.8, 4) is 0 Å². The Kier molecular flexibility index (Phi) is 9.90. The number of piperidine rings is 1. The summed E-state index contributed by atoms with van der Waals surface area (Å²) in [5.74, 6) is 0.606. The third-order valence-electron chi connectivity index (χ3n) is 4.87. The maximum atomic E-state index is 12.7. The molecule has 0 spiro atoms. The third kappa shape index (κ3) is 6.60. The second-order valence-electron chi connectivity index (χ2n) is 7.78. The summed E-state index contributed by atoms with van der Waals surface area (Å²) in [5.41, 5.74) is 5.52. The first-order chi connectivity index (χ1) is 10.7. The molecule has 6 heteroatoms. The first kappa shape index (κ1) is 23.2. The number of amides is 2. The number of nitrogens with zero attached hydrogens (tertiary/aromatic N) is 1. The molecule has 3 atom stereocenters. The number of carbonyl (C=O) groups excluding carboxylic acids is 2. The molecule has 1 saturated heterocycles. The molecule has 1 aliphatic rings. The Morgan fingerprint density at radius 2 is 1.96 bits per heavy atom. The predicted octanol–water partition coefficient (Wildman–Crippen LogP) is 2.57. The molecule has 1 aliphatic heterocycles. The van der Waals surface area contributed by atoms with Gasteiger partial charge in [-0.15, -0.1) is 12.4 Å². The summed E-state index contributed by atoms with van der Waals surface area (Å²) in [5, 5.41) is 3.14. The van der Waals surface area contributed by atoms with Crippen molar-refractivity contribution >= 4 is 24.2 Å². The molecule has 2 amide bonds. The highest BCUT2D eigenvalue weighted by molar-refractivity contribution is 5.85. The summed E-state index contributed by atoms with van der Waals surface area (Å²) in [6, 6.07) is 0. The molecule has 0 radical (unpaired) electrons. The Bertz CT molecular complexity index is 417. The average Bonchev–Trinajstić information content (AvgIpc) is 2.52. The van der Waals surface area contributed by atoms with Crippen LogP contribution < -0.4 is 11.1 Å². The largest absolute Gasteiger partial charge is 0.349 e. The lowest BCUT2D eigenvalue weighted by atomic mass is 9.88. The van der Waals surface area contributed by atoms with Gasteiger partial charge in [0, 0.05) is 31.1 Å². The fourth-order valence-electron chi connectivity index (χ4n) is 3.36. The highest BCUT2D eigenvalue weighted by Gasteiger charge is 2.33. The Balaban J connectivity index is 0.00000529. The zero-order valence-electron chi connectivity index (χ0n) is 15.9. The molecular formula is C18H36ClN3O2. The predicted molar refractivity (Wildman–Crippen MR) is 101 cm³/mol. The van der Waals surface area contributed by atoms with Crippen LogP contribution in [0.15, 0.2) is 0 Å². The number of nitrogens with two attached hydrogens (primary N) is 1. The van der Waals surface area contributed by atoms with Gasteiger partial charge in [0.05, 0.1) is 5.92 Å². The van der Waals surface area contributed by atoms with E-state index in [4.69, 9.17) is 5.73 Å². The molecule has 0 bridgehead atoms. The second-order valence-corrected chi connectivity index (χ2v) is 7.78. The molecule has 1 heterocycles. The van der Waals surface area contributed by atoms with E-state index in [1.165, 1.54) is 0 Å². The van der Waals surface area contributed by atoms with Crippen molar-refractivity contribution in [1.82, 2.24) is 10.2 Å². The number of nitrogens with one attached hydrogen (secondary N) is 1. The molecular weight excluding hydrogens is 326 g/mol. The van der Waals surface area contributed by atoms with Gasteiger partial charge in [0.1, 0.15) is 0 Å². The Morgan fingerprint density at radius 3 is 2.46 bits per heavy atom. The molecule has 0 aliphatic carbocycles. The minimum atomic E-state index is -0.367. The van der Waals surface area contributed by atoms with Gasteiger partial charge in [0.2, 0.25) is 11.8 Å². The van der Waals surface area contributed by atoms with Gasteiger partial charge in [0.15, 0.2) is 0 Å². The highest BCUT2D eigenvalue weighted by atomic mass is 35.5. The van der Waals surface area contributed by atoms with Crippen LogP contribution in [0.4, 0.5) is 0 Å². The van der Waals surface area contributed by atoms with Crippen LogP contribution in [0, 0.1) is 17.8 Å². The normalized spacial score (nSPS) is 21.6. The molecule has 5 nitrogen and oxygen atoms in total. The molecule has 1 fully saturated rings. The Hall–Kier alpha value is -0.810. The second kappa shape index (κ2) is 10.2. The maximum absolute atomic E-state index is 12.7. The van der Waals surface area contributed by atoms with Crippen LogP contribution in [0.25, 0.3) is 0 Å². The van der Waals surface area contributed by atoms with E-state index in [-0.39, 0.29) is 41.6 Å². The number of rotatable bonds is 7. The van der Waals surface area contributed by atoms with E-state index in [0.717, 1.165) is 32.2 Å². The standard InChI is InChI=1S/C18H35N3O2.ClH/c1-6-14(4)17(23)21-9-7-8-15(11-21)16(22)20-18(5,12-19)10-13(2)3;/h13-15H,6-12,19H2,1-5H3,(H,20,22);1H. The summed E-state index contributed by atoms with van der Waals surface area (Å²) in [6.45, 7) is 12.0. The van der Waals surface area contributed by atoms with E-state index in [1.54, 1.807) is 0 Å². The van der Waals surface area contributed by atoms with Crippen molar-refractivity contribution in [3.05, 3.63) is 0 Å². The summed E-state index contributed by atoms with van der Waals surface area (Å²) < 4.78 is 0. The lowest BCUT2D eigenvalue weighted by Gasteiger charge is -2.37. The molecule has 0 saturated carbocycles. The third-order valence-corrected chi connectivity index (χ3v) is 4.87. The smallest absolute Gasteiger partial charge is 0.225 e. The fourth-order valence-corrected chi connectivity index (χ4v) is 3.36. The molecule has 0 aromatic rings. The van der Waals surface area contributed by atoms with Crippen LogP contribution in [-0.2, 0) is 9.59 Å². The minimum absolute atomic E-state index is 0. The fraction of sp³-hybridized carbons (Fsp3) is 0.889. The van der Waals surface area contributed by atoms with Gasteiger partial charge in [-0.05, 0) is 38.5 Å². The SMILES string of the molecule is CCC(C)C(=O)N1CCCC(C(=O)NC(C)(CN)CC(C)C)C1.Cl. The molecule has 3 N–H and O–H groups in total.